The quantitative estimate of drug-likeness (QED) is 0.818. The van der Waals surface area contributed by atoms with E-state index in [2.05, 4.69) is 10.3 Å². The minimum atomic E-state index is -3.64. The maximum atomic E-state index is 12.5. The van der Waals surface area contributed by atoms with Gasteiger partial charge in [-0.25, -0.2) is 13.4 Å². The van der Waals surface area contributed by atoms with E-state index in [9.17, 15) is 8.42 Å². The van der Waals surface area contributed by atoms with Gasteiger partial charge in [-0.1, -0.05) is 11.6 Å². The van der Waals surface area contributed by atoms with E-state index in [1.54, 1.807) is 0 Å². The highest BCUT2D eigenvalue weighted by molar-refractivity contribution is 7.89. The molecule has 0 amide bonds. The molecule has 100 valence electrons. The van der Waals surface area contributed by atoms with Crippen LogP contribution in [0.15, 0.2) is 17.2 Å². The summed E-state index contributed by atoms with van der Waals surface area (Å²) in [5, 5.41) is 3.39. The van der Waals surface area contributed by atoms with E-state index in [0.29, 0.717) is 19.6 Å². The number of aromatic nitrogens is 1. The Kier molecular flexibility index (Phi) is 3.76. The molecule has 1 saturated heterocycles. The summed E-state index contributed by atoms with van der Waals surface area (Å²) in [5.74, 6) is -0.0230. The van der Waals surface area contributed by atoms with Crippen molar-refractivity contribution in [2.75, 3.05) is 25.4 Å². The van der Waals surface area contributed by atoms with Crippen LogP contribution in [0, 0.1) is 0 Å². The zero-order chi connectivity index (χ0) is 13.3. The van der Waals surface area contributed by atoms with Gasteiger partial charge in [0.15, 0.2) is 0 Å². The molecule has 0 aliphatic carbocycles. The number of nitrogens with zero attached hydrogens (tertiary/aromatic N) is 2. The summed E-state index contributed by atoms with van der Waals surface area (Å²) in [6.07, 6.45) is 1.33. The average molecular weight is 291 g/mol. The normalized spacial score (nSPS) is 22.0. The first-order valence-corrected chi connectivity index (χ1v) is 7.38. The lowest BCUT2D eigenvalue weighted by atomic mass is 10.3. The fourth-order valence-electron chi connectivity index (χ4n) is 1.94. The molecule has 1 atom stereocenters. The summed E-state index contributed by atoms with van der Waals surface area (Å²) in [6, 6.07) is 1.22. The van der Waals surface area contributed by atoms with Gasteiger partial charge in [-0.3, -0.25) is 0 Å². The third kappa shape index (κ3) is 2.44. The minimum Gasteiger partial charge on any atom is -0.383 e. The van der Waals surface area contributed by atoms with Crippen LogP contribution in [-0.4, -0.2) is 43.4 Å². The highest BCUT2D eigenvalue weighted by atomic mass is 35.5. The molecule has 6 nitrogen and oxygen atoms in total. The van der Waals surface area contributed by atoms with E-state index in [-0.39, 0.29) is 21.8 Å². The second kappa shape index (κ2) is 5.00. The molecule has 0 bridgehead atoms. The van der Waals surface area contributed by atoms with Gasteiger partial charge in [0.25, 0.3) is 0 Å². The van der Waals surface area contributed by atoms with Crippen LogP contribution < -0.4 is 11.1 Å². The zero-order valence-electron chi connectivity index (χ0n) is 9.93. The molecule has 0 unspecified atom stereocenters. The summed E-state index contributed by atoms with van der Waals surface area (Å²) < 4.78 is 26.4. The molecule has 2 heterocycles. The lowest BCUT2D eigenvalue weighted by Crippen LogP contribution is -2.52. The second-order valence-electron chi connectivity index (χ2n) is 4.21. The molecule has 1 fully saturated rings. The molecule has 1 aliphatic heterocycles. The topological polar surface area (TPSA) is 88.3 Å². The van der Waals surface area contributed by atoms with Crippen LogP contribution in [-0.2, 0) is 10.0 Å². The maximum absolute atomic E-state index is 12.5. The van der Waals surface area contributed by atoms with Crippen molar-refractivity contribution in [3.8, 4) is 0 Å². The first kappa shape index (κ1) is 13.5. The van der Waals surface area contributed by atoms with E-state index >= 15 is 0 Å². The SMILES string of the molecule is C[C@H]1CNCCN1S(=O)(=O)c1cc(Cl)cnc1N. The molecule has 0 saturated carbocycles. The Hall–Kier alpha value is -0.890. The number of anilines is 1. The second-order valence-corrected chi connectivity index (χ2v) is 6.50. The molecular formula is C10H15ClN4O2S. The number of pyridine rings is 1. The number of piperazine rings is 1. The molecule has 1 aliphatic rings. The van der Waals surface area contributed by atoms with Gasteiger partial charge in [-0.15, -0.1) is 0 Å². The van der Waals surface area contributed by atoms with Gasteiger partial charge in [0.1, 0.15) is 10.7 Å². The van der Waals surface area contributed by atoms with E-state index in [4.69, 9.17) is 17.3 Å². The molecule has 0 aromatic carbocycles. The zero-order valence-corrected chi connectivity index (χ0v) is 11.5. The largest absolute Gasteiger partial charge is 0.383 e. The highest BCUT2D eigenvalue weighted by Gasteiger charge is 2.32. The van der Waals surface area contributed by atoms with E-state index in [1.807, 2.05) is 6.92 Å². The third-order valence-corrected chi connectivity index (χ3v) is 5.12. The Balaban J connectivity index is 2.44. The summed E-state index contributed by atoms with van der Waals surface area (Å²) in [7, 11) is -3.64. The van der Waals surface area contributed by atoms with Crippen molar-refractivity contribution in [2.24, 2.45) is 0 Å². The van der Waals surface area contributed by atoms with Crippen LogP contribution in [0.5, 0.6) is 0 Å². The highest BCUT2D eigenvalue weighted by Crippen LogP contribution is 2.25. The van der Waals surface area contributed by atoms with Crippen molar-refractivity contribution in [3.63, 3.8) is 0 Å². The Labute approximate surface area is 111 Å². The lowest BCUT2D eigenvalue weighted by Gasteiger charge is -2.32. The number of halogens is 1. The number of rotatable bonds is 2. The van der Waals surface area contributed by atoms with Gasteiger partial charge in [0.2, 0.25) is 10.0 Å². The summed E-state index contributed by atoms with van der Waals surface area (Å²) >= 11 is 5.78. The molecule has 0 spiro atoms. The number of sulfonamides is 1. The maximum Gasteiger partial charge on any atom is 0.247 e. The van der Waals surface area contributed by atoms with Crippen LogP contribution in [0.1, 0.15) is 6.92 Å². The molecule has 3 N–H and O–H groups in total. The Morgan fingerprint density at radius 2 is 2.33 bits per heavy atom. The van der Waals surface area contributed by atoms with Crippen LogP contribution >= 0.6 is 11.6 Å². The molecule has 1 aromatic rings. The predicted molar refractivity (Wildman–Crippen MR) is 69.9 cm³/mol. The molecule has 8 heteroatoms. The Morgan fingerprint density at radius 1 is 1.61 bits per heavy atom. The van der Waals surface area contributed by atoms with E-state index < -0.39 is 10.0 Å². The lowest BCUT2D eigenvalue weighted by molar-refractivity contribution is 0.284. The molecule has 1 aromatic heterocycles. The number of nitrogen functional groups attached to an aromatic ring is 1. The first-order chi connectivity index (χ1) is 8.43. The Bertz CT molecular complexity index is 549. The Morgan fingerprint density at radius 3 is 3.00 bits per heavy atom. The van der Waals surface area contributed by atoms with Crippen LogP contribution in [0.2, 0.25) is 5.02 Å². The van der Waals surface area contributed by atoms with E-state index in [0.717, 1.165) is 0 Å². The van der Waals surface area contributed by atoms with Crippen LogP contribution in [0.25, 0.3) is 0 Å². The smallest absolute Gasteiger partial charge is 0.247 e. The van der Waals surface area contributed by atoms with Crippen LogP contribution in [0.4, 0.5) is 5.82 Å². The van der Waals surface area contributed by atoms with Crippen molar-refractivity contribution < 1.29 is 8.42 Å². The number of nitrogens with two attached hydrogens (primary N) is 1. The predicted octanol–water partition coefficient (Wildman–Crippen LogP) is 0.300. The summed E-state index contributed by atoms with van der Waals surface area (Å²) in [4.78, 5) is 3.76. The molecule has 0 radical (unpaired) electrons. The van der Waals surface area contributed by atoms with Gasteiger partial charge in [-0.05, 0) is 13.0 Å². The van der Waals surface area contributed by atoms with Crippen LogP contribution in [0.3, 0.4) is 0 Å². The fourth-order valence-corrected chi connectivity index (χ4v) is 3.89. The van der Waals surface area contributed by atoms with Gasteiger partial charge in [0.05, 0.1) is 5.02 Å². The summed E-state index contributed by atoms with van der Waals surface area (Å²) in [6.45, 7) is 3.50. The first-order valence-electron chi connectivity index (χ1n) is 5.56. The molecule has 2 rings (SSSR count). The van der Waals surface area contributed by atoms with Gasteiger partial charge >= 0.3 is 0 Å². The third-order valence-electron chi connectivity index (χ3n) is 2.88. The standard InChI is InChI=1S/C10H15ClN4O2S/c1-7-5-13-2-3-15(7)18(16,17)9-4-8(11)6-14-10(9)12/h4,6-7,13H,2-3,5H2,1H3,(H2,12,14)/t7-/m0/s1. The molecular weight excluding hydrogens is 276 g/mol. The fraction of sp³-hybridized carbons (Fsp3) is 0.500. The van der Waals surface area contributed by atoms with Crippen molar-refractivity contribution in [1.82, 2.24) is 14.6 Å². The van der Waals surface area contributed by atoms with Gasteiger partial charge in [0, 0.05) is 31.9 Å². The van der Waals surface area contributed by atoms with Gasteiger partial charge < -0.3 is 11.1 Å². The number of hydrogen-bond donors (Lipinski definition) is 2. The monoisotopic (exact) mass is 290 g/mol. The average Bonchev–Trinajstić information content (AvgIpc) is 2.32. The number of hydrogen-bond acceptors (Lipinski definition) is 5. The van der Waals surface area contributed by atoms with Crippen molar-refractivity contribution in [1.29, 1.82) is 0 Å². The van der Waals surface area contributed by atoms with Crippen molar-refractivity contribution in [2.45, 2.75) is 17.9 Å². The van der Waals surface area contributed by atoms with Gasteiger partial charge in [-0.2, -0.15) is 4.31 Å². The number of nitrogens with one attached hydrogen (secondary N) is 1. The van der Waals surface area contributed by atoms with Crippen molar-refractivity contribution in [3.05, 3.63) is 17.3 Å². The van der Waals surface area contributed by atoms with Crippen molar-refractivity contribution >= 4 is 27.4 Å². The minimum absolute atomic E-state index is 0.0230. The van der Waals surface area contributed by atoms with E-state index in [1.165, 1.54) is 16.6 Å². The molecule has 18 heavy (non-hydrogen) atoms. The summed E-state index contributed by atoms with van der Waals surface area (Å²) in [5.41, 5.74) is 5.64.